The normalized spacial score (nSPS) is 12.2. The van der Waals surface area contributed by atoms with Gasteiger partial charge in [-0.1, -0.05) is 11.5 Å². The first-order valence-corrected chi connectivity index (χ1v) is 13.1. The van der Waals surface area contributed by atoms with E-state index in [-0.39, 0.29) is 28.6 Å². The fourth-order valence-corrected chi connectivity index (χ4v) is 6.11. The number of phenolic OH excluding ortho intramolecular Hbond substituents is 5. The van der Waals surface area contributed by atoms with E-state index in [2.05, 4.69) is 16.7 Å². The molecule has 0 atom stereocenters. The molecule has 39 heavy (non-hydrogen) atoms. The number of rotatable bonds is 4. The van der Waals surface area contributed by atoms with E-state index in [9.17, 15) is 25.5 Å². The number of allylic oxidation sites excluding steroid dienone is 1. The third-order valence-electron chi connectivity index (χ3n) is 8.77. The molecule has 0 unspecified atom stereocenters. The minimum absolute atomic E-state index is 0.106. The summed E-state index contributed by atoms with van der Waals surface area (Å²) in [4.78, 5) is 0. The van der Waals surface area contributed by atoms with E-state index >= 15 is 0 Å². The van der Waals surface area contributed by atoms with E-state index in [4.69, 9.17) is 0 Å². The van der Waals surface area contributed by atoms with E-state index in [1.807, 2.05) is 54.2 Å². The van der Waals surface area contributed by atoms with Crippen molar-refractivity contribution in [3.8, 4) is 28.7 Å². The van der Waals surface area contributed by atoms with Crippen molar-refractivity contribution in [2.75, 3.05) is 0 Å². The number of hydrogen-bond donors (Lipinski definition) is 5. The van der Waals surface area contributed by atoms with Crippen molar-refractivity contribution < 1.29 is 25.5 Å². The molecule has 0 aliphatic carbocycles. The summed E-state index contributed by atoms with van der Waals surface area (Å²) in [6, 6.07) is 2.08. The molecule has 0 bridgehead atoms. The maximum Gasteiger partial charge on any atom is 0.182 e. The summed E-state index contributed by atoms with van der Waals surface area (Å²) >= 11 is 0. The lowest BCUT2D eigenvalue weighted by Crippen LogP contribution is -2.14. The molecule has 0 saturated heterocycles. The van der Waals surface area contributed by atoms with Crippen molar-refractivity contribution in [1.29, 1.82) is 0 Å². The van der Waals surface area contributed by atoms with E-state index in [1.165, 1.54) is 0 Å². The van der Waals surface area contributed by atoms with Crippen LogP contribution in [0, 0.1) is 34.6 Å². The van der Waals surface area contributed by atoms with Gasteiger partial charge in [-0.2, -0.15) is 0 Å². The van der Waals surface area contributed by atoms with Crippen molar-refractivity contribution >= 4 is 65.4 Å². The predicted octanol–water partition coefficient (Wildman–Crippen LogP) is 2.98. The molecule has 0 aliphatic heterocycles. The second kappa shape index (κ2) is 8.97. The molecule has 5 rings (SSSR count). The summed E-state index contributed by atoms with van der Waals surface area (Å²) in [7, 11) is 5.87. The predicted molar refractivity (Wildman–Crippen MR) is 164 cm³/mol. The molecule has 0 fully saturated rings. The largest absolute Gasteiger partial charge is 0.508 e. The highest BCUT2D eigenvalue weighted by molar-refractivity contribution is 6.42. The third-order valence-corrected chi connectivity index (χ3v) is 8.77. The molecule has 2 aromatic heterocycles. The second-order valence-electron chi connectivity index (χ2n) is 10.8. The van der Waals surface area contributed by atoms with E-state index in [0.717, 1.165) is 49.7 Å². The van der Waals surface area contributed by atoms with E-state index in [1.54, 1.807) is 13.8 Å². The Balaban J connectivity index is 1.64. The molecule has 7 nitrogen and oxygen atoms in total. The van der Waals surface area contributed by atoms with Crippen LogP contribution in [0.1, 0.15) is 39.9 Å². The van der Waals surface area contributed by atoms with Gasteiger partial charge in [0.05, 0.1) is 16.4 Å². The number of aromatic nitrogens is 2. The Morgan fingerprint density at radius 1 is 0.667 bits per heavy atom. The highest BCUT2D eigenvalue weighted by Crippen LogP contribution is 2.49. The first kappa shape index (κ1) is 26.5. The van der Waals surface area contributed by atoms with Crippen LogP contribution < -0.4 is 10.9 Å². The minimum atomic E-state index is -0.351. The molecule has 9 heteroatoms. The van der Waals surface area contributed by atoms with Gasteiger partial charge in [-0.3, -0.25) is 0 Å². The lowest BCUT2D eigenvalue weighted by molar-refractivity contribution is 0.396. The number of hydrogen-bond acceptors (Lipinski definition) is 5. The first-order chi connectivity index (χ1) is 18.3. The number of benzene rings is 3. The summed E-state index contributed by atoms with van der Waals surface area (Å²) in [5.41, 5.74) is 8.45. The molecular weight excluding hydrogens is 490 g/mol. The molecule has 5 N–H and O–H groups in total. The molecule has 0 radical (unpaired) electrons. The quantitative estimate of drug-likeness (QED) is 0.141. The highest BCUT2D eigenvalue weighted by atomic mass is 16.3. The summed E-state index contributed by atoms with van der Waals surface area (Å²) in [5.74, 6) is -0.251. The zero-order chi connectivity index (χ0) is 28.7. The molecule has 0 aliphatic rings. The molecule has 0 spiro atoms. The SMILES string of the molecule is Bc1c(O)c(C)c2cc(/C=C\CCn3c4c(B)c(C)c(O)c(C)c4c4c(O)c(C)c(O)c(O)c43)n(C)c2c1C. The second-order valence-corrected chi connectivity index (χ2v) is 10.8. The van der Waals surface area contributed by atoms with E-state index < -0.39 is 0 Å². The number of fused-ring (bicyclic) bond motifs is 4. The van der Waals surface area contributed by atoms with Crippen LogP contribution in [0.15, 0.2) is 12.1 Å². The van der Waals surface area contributed by atoms with Gasteiger partial charge in [0.15, 0.2) is 11.5 Å². The van der Waals surface area contributed by atoms with Gasteiger partial charge in [0, 0.05) is 46.7 Å². The zero-order valence-corrected chi connectivity index (χ0v) is 23.8. The fraction of sp³-hybridized carbons (Fsp3) is 0.267. The Kier molecular flexibility index (Phi) is 6.09. The molecular formula is C30H34B2N2O5. The van der Waals surface area contributed by atoms with Crippen LogP contribution in [-0.4, -0.2) is 50.4 Å². The topological polar surface area (TPSA) is 111 Å². The van der Waals surface area contributed by atoms with Crippen LogP contribution in [0.2, 0.25) is 0 Å². The number of aromatic hydroxyl groups is 5. The molecule has 3 aromatic carbocycles. The summed E-state index contributed by atoms with van der Waals surface area (Å²) < 4.78 is 4.06. The van der Waals surface area contributed by atoms with Crippen LogP contribution in [0.4, 0.5) is 0 Å². The average molecular weight is 524 g/mol. The van der Waals surface area contributed by atoms with E-state index in [0.29, 0.717) is 40.6 Å². The van der Waals surface area contributed by atoms with Gasteiger partial charge >= 0.3 is 0 Å². The van der Waals surface area contributed by atoms with Crippen LogP contribution in [0.3, 0.4) is 0 Å². The monoisotopic (exact) mass is 524 g/mol. The summed E-state index contributed by atoms with van der Waals surface area (Å²) in [6.07, 6.45) is 4.72. The highest BCUT2D eigenvalue weighted by Gasteiger charge is 2.26. The van der Waals surface area contributed by atoms with Gasteiger partial charge in [-0.25, -0.2) is 0 Å². The summed E-state index contributed by atoms with van der Waals surface area (Å²) in [6.45, 7) is 9.64. The fourth-order valence-electron chi connectivity index (χ4n) is 6.11. The van der Waals surface area contributed by atoms with Crippen molar-refractivity contribution in [1.82, 2.24) is 9.13 Å². The van der Waals surface area contributed by atoms with Crippen molar-refractivity contribution in [2.24, 2.45) is 7.05 Å². The first-order valence-electron chi connectivity index (χ1n) is 13.1. The van der Waals surface area contributed by atoms with Crippen LogP contribution in [-0.2, 0) is 13.6 Å². The van der Waals surface area contributed by atoms with Crippen molar-refractivity contribution in [3.05, 3.63) is 45.7 Å². The van der Waals surface area contributed by atoms with Gasteiger partial charge in [-0.05, 0) is 75.3 Å². The lowest BCUT2D eigenvalue weighted by Gasteiger charge is -2.13. The van der Waals surface area contributed by atoms with Crippen LogP contribution >= 0.6 is 0 Å². The number of aryl methyl sites for hydroxylation is 5. The maximum atomic E-state index is 11.1. The molecule has 200 valence electrons. The van der Waals surface area contributed by atoms with Gasteiger partial charge in [-0.15, -0.1) is 0 Å². The van der Waals surface area contributed by atoms with Gasteiger partial charge in [0.25, 0.3) is 0 Å². The number of nitrogens with zero attached hydrogens (tertiary/aromatic N) is 2. The van der Waals surface area contributed by atoms with Crippen LogP contribution in [0.25, 0.3) is 38.8 Å². The Bertz CT molecular complexity index is 1820. The summed E-state index contributed by atoms with van der Waals surface area (Å²) in [5, 5.41) is 56.1. The van der Waals surface area contributed by atoms with Crippen molar-refractivity contribution in [2.45, 2.75) is 47.6 Å². The molecule has 0 amide bonds. The maximum absolute atomic E-state index is 11.1. The average Bonchev–Trinajstić information content (AvgIpc) is 3.43. The van der Waals surface area contributed by atoms with Gasteiger partial charge in [0.1, 0.15) is 32.9 Å². The van der Waals surface area contributed by atoms with Crippen LogP contribution in [0.5, 0.6) is 28.7 Å². The Labute approximate surface area is 229 Å². The van der Waals surface area contributed by atoms with Gasteiger partial charge < -0.3 is 34.7 Å². The standard InChI is InChI=1S/C30H34B2N2O5/c1-12-18-11-17(33(6)23(18)14(3)22(32)28(12)37)9-7-8-10-34-24-19(13(2)26(35)15(4)21(24)31)20-25(34)30(39)29(38)16(5)27(20)36/h7,9,11,35-39H,8,10,31-32H2,1-6H3/b9-7-. The number of phenols is 5. The van der Waals surface area contributed by atoms with Gasteiger partial charge in [0.2, 0.25) is 0 Å². The minimum Gasteiger partial charge on any atom is -0.508 e. The Morgan fingerprint density at radius 2 is 1.33 bits per heavy atom. The smallest absolute Gasteiger partial charge is 0.182 e. The third kappa shape index (κ3) is 3.52. The Hall–Kier alpha value is -4.13. The molecule has 0 saturated carbocycles. The lowest BCUT2D eigenvalue weighted by atomic mass is 9.86. The molecule has 2 heterocycles. The molecule has 5 aromatic rings. The zero-order valence-electron chi connectivity index (χ0n) is 23.8. The van der Waals surface area contributed by atoms with Crippen molar-refractivity contribution in [3.63, 3.8) is 0 Å². The Morgan fingerprint density at radius 3 is 2.00 bits per heavy atom.